The Balaban J connectivity index is 1.38. The van der Waals surface area contributed by atoms with Gasteiger partial charge in [-0.05, 0) is 38.0 Å². The highest BCUT2D eigenvalue weighted by molar-refractivity contribution is 6.33. The van der Waals surface area contributed by atoms with E-state index in [2.05, 4.69) is 25.5 Å². The molecule has 2 fully saturated rings. The van der Waals surface area contributed by atoms with E-state index in [0.717, 1.165) is 0 Å². The maximum atomic E-state index is 14.4. The van der Waals surface area contributed by atoms with Gasteiger partial charge in [0, 0.05) is 18.1 Å². The number of morpholine rings is 1. The number of aryl methyl sites for hydroxylation is 1. The van der Waals surface area contributed by atoms with E-state index in [4.69, 9.17) is 21.1 Å². The number of rotatable bonds is 3. The molecule has 0 spiro atoms. The predicted octanol–water partition coefficient (Wildman–Crippen LogP) is 3.28. The van der Waals surface area contributed by atoms with Gasteiger partial charge < -0.3 is 34.7 Å². The van der Waals surface area contributed by atoms with Crippen molar-refractivity contribution in [2.75, 3.05) is 35.4 Å². The van der Waals surface area contributed by atoms with Crippen molar-refractivity contribution in [2.24, 2.45) is 7.05 Å². The lowest BCUT2D eigenvalue weighted by molar-refractivity contribution is -0.0487. The molecule has 2 aromatic heterocycles. The molecule has 38 heavy (non-hydrogen) atoms. The Hall–Kier alpha value is -3.22. The van der Waals surface area contributed by atoms with Gasteiger partial charge in [0.15, 0.2) is 12.4 Å². The lowest BCUT2D eigenvalue weighted by Gasteiger charge is -2.47. The van der Waals surface area contributed by atoms with Crippen LogP contribution in [0.15, 0.2) is 29.2 Å². The number of anilines is 4. The number of aliphatic hydroxyl groups excluding tert-OH is 1. The van der Waals surface area contributed by atoms with Gasteiger partial charge in [-0.3, -0.25) is 4.79 Å². The molecule has 13 heteroatoms. The van der Waals surface area contributed by atoms with Crippen molar-refractivity contribution in [1.82, 2.24) is 14.5 Å². The van der Waals surface area contributed by atoms with Crippen molar-refractivity contribution in [2.45, 2.75) is 49.9 Å². The summed E-state index contributed by atoms with van der Waals surface area (Å²) in [4.78, 5) is 24.1. The summed E-state index contributed by atoms with van der Waals surface area (Å²) in [6.07, 6.45) is 2.25. The third kappa shape index (κ3) is 4.20. The number of ether oxygens (including phenoxy) is 2. The highest BCUT2D eigenvalue weighted by Gasteiger charge is 2.42. The minimum absolute atomic E-state index is 0.0462. The van der Waals surface area contributed by atoms with Crippen molar-refractivity contribution in [1.29, 1.82) is 0 Å². The molecule has 0 radical (unpaired) electrons. The van der Waals surface area contributed by atoms with Gasteiger partial charge in [0.25, 0.3) is 5.56 Å². The highest BCUT2D eigenvalue weighted by Crippen LogP contribution is 2.38. The predicted molar refractivity (Wildman–Crippen MR) is 139 cm³/mol. The molecule has 2 bridgehead atoms. The van der Waals surface area contributed by atoms with Gasteiger partial charge in [0.05, 0.1) is 54.8 Å². The Kier molecular flexibility index (Phi) is 6.08. The van der Waals surface area contributed by atoms with Crippen LogP contribution in [0, 0.1) is 0 Å². The smallest absolute Gasteiger partial charge is 0.300 e. The number of alkyl halides is 2. The van der Waals surface area contributed by atoms with Gasteiger partial charge in [-0.25, -0.2) is 13.8 Å². The fourth-order valence-corrected chi connectivity index (χ4v) is 5.55. The first kappa shape index (κ1) is 25.1. The van der Waals surface area contributed by atoms with E-state index in [1.807, 2.05) is 0 Å². The maximum absolute atomic E-state index is 14.4. The maximum Gasteiger partial charge on any atom is 0.300 e. The number of hydrogen-bond acceptors (Lipinski definition) is 9. The number of nitrogens with one attached hydrogen (secondary N) is 2. The number of fused-ring (bicyclic) bond motifs is 5. The quantitative estimate of drug-likeness (QED) is 0.454. The van der Waals surface area contributed by atoms with Gasteiger partial charge in [0.2, 0.25) is 11.7 Å². The minimum atomic E-state index is -3.16. The fourth-order valence-electron chi connectivity index (χ4n) is 5.41. The normalized spacial score (nSPS) is 26.2. The van der Waals surface area contributed by atoms with Crippen LogP contribution in [0.1, 0.15) is 19.8 Å². The zero-order valence-corrected chi connectivity index (χ0v) is 21.5. The molecule has 3 aliphatic rings. The molecular weight excluding hydrogens is 522 g/mol. The summed E-state index contributed by atoms with van der Waals surface area (Å²) in [5, 5.41) is 17.0. The first-order valence-electron chi connectivity index (χ1n) is 12.4. The molecular formula is C25H27ClF2N6O4. The average molecular weight is 549 g/mol. The third-order valence-electron chi connectivity index (χ3n) is 7.48. The molecule has 6 rings (SSSR count). The molecule has 0 amide bonds. The largest absolute Gasteiger partial charge is 0.480 e. The van der Waals surface area contributed by atoms with Crippen LogP contribution in [-0.2, 0) is 11.8 Å². The van der Waals surface area contributed by atoms with Gasteiger partial charge in [-0.15, -0.1) is 0 Å². The topological polar surface area (TPSA) is 114 Å². The van der Waals surface area contributed by atoms with E-state index in [0.29, 0.717) is 59.4 Å². The molecule has 3 unspecified atom stereocenters. The Morgan fingerprint density at radius 3 is 2.74 bits per heavy atom. The lowest BCUT2D eigenvalue weighted by Crippen LogP contribution is -2.59. The van der Waals surface area contributed by atoms with Crippen LogP contribution < -0.4 is 25.8 Å². The van der Waals surface area contributed by atoms with Crippen LogP contribution >= 0.6 is 11.6 Å². The summed E-state index contributed by atoms with van der Waals surface area (Å²) in [6, 6.07) is 3.87. The molecule has 2 saturated heterocycles. The Labute approximate surface area is 221 Å². The van der Waals surface area contributed by atoms with Crippen molar-refractivity contribution in [3.05, 3.63) is 39.8 Å². The van der Waals surface area contributed by atoms with Crippen LogP contribution in [0.5, 0.6) is 5.75 Å². The van der Waals surface area contributed by atoms with E-state index in [9.17, 15) is 18.7 Å². The summed E-state index contributed by atoms with van der Waals surface area (Å²) in [5.41, 5.74) is 0.829. The highest BCUT2D eigenvalue weighted by atomic mass is 35.5. The monoisotopic (exact) mass is 548 g/mol. The molecule has 3 N–H and O–H groups in total. The van der Waals surface area contributed by atoms with Crippen LogP contribution in [0.4, 0.5) is 31.9 Å². The number of piperidine rings is 1. The molecule has 0 saturated carbocycles. The number of aliphatic hydroxyl groups is 1. The standard InChI is InChI=1S/C25H27ClF2N6O4/c1-12-25(27,28)11-38-21-20(30-12)17-5-13(3-4-19(17)33(2)23(21)36)31-22-18(26)8-29-24(32-22)34-14-6-16(35)7-15(34)10-37-9-14/h3-5,8,12,14-16,30,35H,6-7,9-11H2,1-2H3,(H,29,31,32). The van der Waals surface area contributed by atoms with Gasteiger partial charge in [-0.2, -0.15) is 4.98 Å². The number of pyridine rings is 1. The molecule has 1 aromatic carbocycles. The minimum Gasteiger partial charge on any atom is -0.480 e. The number of halogens is 3. The molecule has 202 valence electrons. The third-order valence-corrected chi connectivity index (χ3v) is 7.75. The zero-order chi connectivity index (χ0) is 26.8. The van der Waals surface area contributed by atoms with E-state index in [1.54, 1.807) is 25.2 Å². The number of nitrogens with zero attached hydrogens (tertiary/aromatic N) is 4. The second-order valence-corrected chi connectivity index (χ2v) is 10.5. The lowest BCUT2D eigenvalue weighted by atomic mass is 9.92. The van der Waals surface area contributed by atoms with Crippen molar-refractivity contribution < 1.29 is 23.4 Å². The second-order valence-electron chi connectivity index (χ2n) is 10.1. The van der Waals surface area contributed by atoms with Gasteiger partial charge >= 0.3 is 5.92 Å². The Morgan fingerprint density at radius 1 is 1.26 bits per heavy atom. The summed E-state index contributed by atoms with van der Waals surface area (Å²) in [6.45, 7) is 1.41. The molecule has 3 aromatic rings. The van der Waals surface area contributed by atoms with Crippen LogP contribution in [0.25, 0.3) is 10.9 Å². The zero-order valence-electron chi connectivity index (χ0n) is 20.7. The molecule has 10 nitrogen and oxygen atoms in total. The summed E-state index contributed by atoms with van der Waals surface area (Å²) in [5.74, 6) is -2.47. The number of benzene rings is 1. The Morgan fingerprint density at radius 2 is 2.00 bits per heavy atom. The Bertz CT molecular complexity index is 1460. The van der Waals surface area contributed by atoms with E-state index < -0.39 is 24.1 Å². The van der Waals surface area contributed by atoms with Crippen LogP contribution in [-0.4, -0.2) is 69.6 Å². The summed E-state index contributed by atoms with van der Waals surface area (Å²) >= 11 is 6.45. The fraction of sp³-hybridized carbons (Fsp3) is 0.480. The summed E-state index contributed by atoms with van der Waals surface area (Å²) < 4.78 is 41.2. The SMILES string of the molecule is CC1Nc2c(c(=O)n(C)c3ccc(Nc4nc(N5C6COCC5CC(O)C6)ncc4Cl)cc23)OCC1(F)F. The second kappa shape index (κ2) is 9.21. The van der Waals surface area contributed by atoms with Gasteiger partial charge in [-0.1, -0.05) is 11.6 Å². The van der Waals surface area contributed by atoms with E-state index >= 15 is 0 Å². The van der Waals surface area contributed by atoms with Crippen molar-refractivity contribution >= 4 is 45.6 Å². The number of hydrogen-bond donors (Lipinski definition) is 3. The first-order chi connectivity index (χ1) is 18.1. The number of aromatic nitrogens is 3. The first-order valence-corrected chi connectivity index (χ1v) is 12.8. The molecule has 3 aliphatic heterocycles. The molecule has 0 aliphatic carbocycles. The van der Waals surface area contributed by atoms with Gasteiger partial charge in [0.1, 0.15) is 5.02 Å². The van der Waals surface area contributed by atoms with Crippen molar-refractivity contribution in [3.63, 3.8) is 0 Å². The average Bonchev–Trinajstić information content (AvgIpc) is 2.99. The van der Waals surface area contributed by atoms with E-state index in [-0.39, 0.29) is 29.6 Å². The van der Waals surface area contributed by atoms with Crippen LogP contribution in [0.2, 0.25) is 5.02 Å². The molecule has 3 atom stereocenters. The van der Waals surface area contributed by atoms with Crippen LogP contribution in [0.3, 0.4) is 0 Å². The van der Waals surface area contributed by atoms with E-state index in [1.165, 1.54) is 17.7 Å². The van der Waals surface area contributed by atoms with Crippen molar-refractivity contribution in [3.8, 4) is 5.75 Å². The summed E-state index contributed by atoms with van der Waals surface area (Å²) in [7, 11) is 1.57. The molecule has 5 heterocycles.